The highest BCUT2D eigenvalue weighted by atomic mass is 32.1. The highest BCUT2D eigenvalue weighted by molar-refractivity contribution is 7.15. The predicted molar refractivity (Wildman–Crippen MR) is 86.1 cm³/mol. The Balaban J connectivity index is 1.85. The SMILES string of the molecule is CCCc1nnc(NC(=O)NCC(c2ccco2)N(C)C)s1. The van der Waals surface area contributed by atoms with Crippen molar-refractivity contribution in [1.82, 2.24) is 20.4 Å². The summed E-state index contributed by atoms with van der Waals surface area (Å²) >= 11 is 1.40. The maximum Gasteiger partial charge on any atom is 0.321 e. The van der Waals surface area contributed by atoms with E-state index < -0.39 is 0 Å². The number of rotatable bonds is 7. The van der Waals surface area contributed by atoms with Crippen molar-refractivity contribution in [3.63, 3.8) is 0 Å². The summed E-state index contributed by atoms with van der Waals surface area (Å²) in [6, 6.07) is 3.41. The second-order valence-electron chi connectivity index (χ2n) is 5.08. The molecule has 0 aliphatic carbocycles. The molecule has 0 bridgehead atoms. The van der Waals surface area contributed by atoms with Crippen LogP contribution >= 0.6 is 11.3 Å². The largest absolute Gasteiger partial charge is 0.468 e. The molecule has 2 N–H and O–H groups in total. The average molecular weight is 323 g/mol. The van der Waals surface area contributed by atoms with E-state index in [9.17, 15) is 4.79 Å². The van der Waals surface area contributed by atoms with Gasteiger partial charge in [0.15, 0.2) is 0 Å². The summed E-state index contributed by atoms with van der Waals surface area (Å²) in [7, 11) is 3.88. The molecule has 8 heteroatoms. The topological polar surface area (TPSA) is 83.3 Å². The van der Waals surface area contributed by atoms with E-state index in [1.165, 1.54) is 11.3 Å². The van der Waals surface area contributed by atoms with E-state index in [4.69, 9.17) is 4.42 Å². The van der Waals surface area contributed by atoms with Gasteiger partial charge in [0.05, 0.1) is 12.3 Å². The number of likely N-dealkylation sites (N-methyl/N-ethyl adjacent to an activating group) is 1. The van der Waals surface area contributed by atoms with Crippen molar-refractivity contribution >= 4 is 22.5 Å². The highest BCUT2D eigenvalue weighted by Crippen LogP contribution is 2.18. The van der Waals surface area contributed by atoms with Crippen molar-refractivity contribution in [3.05, 3.63) is 29.2 Å². The van der Waals surface area contributed by atoms with Crippen molar-refractivity contribution < 1.29 is 9.21 Å². The maximum atomic E-state index is 11.9. The summed E-state index contributed by atoms with van der Waals surface area (Å²) in [6.07, 6.45) is 3.51. The van der Waals surface area contributed by atoms with Crippen molar-refractivity contribution in [2.45, 2.75) is 25.8 Å². The predicted octanol–water partition coefficient (Wildman–Crippen LogP) is 2.51. The van der Waals surface area contributed by atoms with Crippen LogP contribution in [0.2, 0.25) is 0 Å². The fourth-order valence-corrected chi connectivity index (χ4v) is 2.80. The van der Waals surface area contributed by atoms with Gasteiger partial charge < -0.3 is 9.73 Å². The Kier molecular flexibility index (Phi) is 5.91. The van der Waals surface area contributed by atoms with E-state index >= 15 is 0 Å². The molecule has 2 heterocycles. The zero-order chi connectivity index (χ0) is 15.9. The van der Waals surface area contributed by atoms with Crippen molar-refractivity contribution in [1.29, 1.82) is 0 Å². The molecule has 22 heavy (non-hydrogen) atoms. The van der Waals surface area contributed by atoms with Crippen LogP contribution < -0.4 is 10.6 Å². The van der Waals surface area contributed by atoms with E-state index in [-0.39, 0.29) is 12.1 Å². The monoisotopic (exact) mass is 323 g/mol. The molecule has 1 atom stereocenters. The molecule has 0 aliphatic rings. The lowest BCUT2D eigenvalue weighted by molar-refractivity contribution is 0.233. The number of hydrogen-bond donors (Lipinski definition) is 2. The number of hydrogen-bond acceptors (Lipinski definition) is 6. The third-order valence-electron chi connectivity index (χ3n) is 3.10. The van der Waals surface area contributed by atoms with Crippen molar-refractivity contribution in [2.24, 2.45) is 0 Å². The van der Waals surface area contributed by atoms with Gasteiger partial charge in [-0.05, 0) is 32.6 Å². The first-order valence-electron chi connectivity index (χ1n) is 7.17. The Morgan fingerprint density at radius 3 is 2.91 bits per heavy atom. The second kappa shape index (κ2) is 7.90. The number of nitrogens with one attached hydrogen (secondary N) is 2. The first-order chi connectivity index (χ1) is 10.6. The van der Waals surface area contributed by atoms with Gasteiger partial charge in [0, 0.05) is 13.0 Å². The Labute approximate surface area is 133 Å². The standard InChI is InChI=1S/C14H21N5O2S/c1-4-6-12-17-18-14(22-12)16-13(20)15-9-10(19(2)3)11-7-5-8-21-11/h5,7-8,10H,4,6,9H2,1-3H3,(H2,15,16,18,20). The number of anilines is 1. The zero-order valence-electron chi connectivity index (χ0n) is 13.0. The van der Waals surface area contributed by atoms with Gasteiger partial charge in [0.1, 0.15) is 10.8 Å². The average Bonchev–Trinajstić information content (AvgIpc) is 3.11. The lowest BCUT2D eigenvalue weighted by Gasteiger charge is -2.22. The van der Waals surface area contributed by atoms with Gasteiger partial charge in [0.25, 0.3) is 0 Å². The summed E-state index contributed by atoms with van der Waals surface area (Å²) in [6.45, 7) is 2.52. The highest BCUT2D eigenvalue weighted by Gasteiger charge is 2.18. The van der Waals surface area contributed by atoms with E-state index in [2.05, 4.69) is 27.8 Å². The van der Waals surface area contributed by atoms with Crippen LogP contribution in [0.1, 0.15) is 30.2 Å². The van der Waals surface area contributed by atoms with Gasteiger partial charge in [-0.15, -0.1) is 10.2 Å². The summed E-state index contributed by atoms with van der Waals surface area (Å²) in [5.74, 6) is 0.812. The van der Waals surface area contributed by atoms with Gasteiger partial charge in [-0.2, -0.15) is 0 Å². The molecule has 2 aromatic heterocycles. The molecule has 0 aliphatic heterocycles. The number of furan rings is 1. The fraction of sp³-hybridized carbons (Fsp3) is 0.500. The van der Waals surface area contributed by atoms with Crippen LogP contribution in [0.25, 0.3) is 0 Å². The fourth-order valence-electron chi connectivity index (χ4n) is 1.97. The van der Waals surface area contributed by atoms with E-state index in [1.54, 1.807) is 6.26 Å². The number of nitrogens with zero attached hydrogens (tertiary/aromatic N) is 3. The molecule has 0 radical (unpaired) electrons. The second-order valence-corrected chi connectivity index (χ2v) is 6.14. The van der Waals surface area contributed by atoms with Crippen molar-refractivity contribution in [2.75, 3.05) is 26.0 Å². The van der Waals surface area contributed by atoms with Crippen LogP contribution in [0.5, 0.6) is 0 Å². The molecule has 0 saturated carbocycles. The third-order valence-corrected chi connectivity index (χ3v) is 4.00. The van der Waals surface area contributed by atoms with Gasteiger partial charge in [0.2, 0.25) is 5.13 Å². The number of amides is 2. The molecule has 1 unspecified atom stereocenters. The normalized spacial score (nSPS) is 12.4. The van der Waals surface area contributed by atoms with Gasteiger partial charge in [-0.3, -0.25) is 10.2 Å². The number of aromatic nitrogens is 2. The van der Waals surface area contributed by atoms with Crippen LogP contribution in [0.15, 0.2) is 22.8 Å². The van der Waals surface area contributed by atoms with E-state index in [1.807, 2.05) is 31.1 Å². The summed E-state index contributed by atoms with van der Waals surface area (Å²) in [5.41, 5.74) is 0. The first-order valence-corrected chi connectivity index (χ1v) is 7.99. The number of aryl methyl sites for hydroxylation is 1. The van der Waals surface area contributed by atoms with Gasteiger partial charge in [-0.1, -0.05) is 18.3 Å². The Morgan fingerprint density at radius 2 is 2.27 bits per heavy atom. The summed E-state index contributed by atoms with van der Waals surface area (Å²) < 4.78 is 5.40. The van der Waals surface area contributed by atoms with Crippen LogP contribution in [0.3, 0.4) is 0 Å². The molecule has 0 spiro atoms. The number of urea groups is 1. The van der Waals surface area contributed by atoms with Crippen LogP contribution in [0, 0.1) is 0 Å². The molecule has 0 aromatic carbocycles. The molecule has 0 fully saturated rings. The molecular formula is C14H21N5O2S. The minimum absolute atomic E-state index is 0.0224. The Hall–Kier alpha value is -1.93. The summed E-state index contributed by atoms with van der Waals surface area (Å²) in [4.78, 5) is 13.9. The Morgan fingerprint density at radius 1 is 1.45 bits per heavy atom. The quantitative estimate of drug-likeness (QED) is 0.818. The molecule has 2 aromatic rings. The van der Waals surface area contributed by atoms with Gasteiger partial charge in [-0.25, -0.2) is 4.79 Å². The first kappa shape index (κ1) is 16.4. The van der Waals surface area contributed by atoms with E-state index in [0.717, 1.165) is 23.6 Å². The zero-order valence-corrected chi connectivity index (χ0v) is 13.8. The molecular weight excluding hydrogens is 302 g/mol. The van der Waals surface area contributed by atoms with E-state index in [0.29, 0.717) is 11.7 Å². The van der Waals surface area contributed by atoms with Crippen molar-refractivity contribution in [3.8, 4) is 0 Å². The molecule has 0 saturated heterocycles. The molecule has 2 amide bonds. The summed E-state index contributed by atoms with van der Waals surface area (Å²) in [5, 5.41) is 15.0. The minimum atomic E-state index is -0.294. The van der Waals surface area contributed by atoms with Crippen LogP contribution in [-0.2, 0) is 6.42 Å². The number of carbonyl (C=O) groups excluding carboxylic acids is 1. The molecule has 7 nitrogen and oxygen atoms in total. The van der Waals surface area contributed by atoms with Crippen LogP contribution in [-0.4, -0.2) is 41.8 Å². The lowest BCUT2D eigenvalue weighted by atomic mass is 10.2. The number of carbonyl (C=O) groups is 1. The molecule has 2 rings (SSSR count). The Bertz CT molecular complexity index is 582. The van der Waals surface area contributed by atoms with Gasteiger partial charge >= 0.3 is 6.03 Å². The van der Waals surface area contributed by atoms with Crippen LogP contribution in [0.4, 0.5) is 9.93 Å². The lowest BCUT2D eigenvalue weighted by Crippen LogP contribution is -2.36. The minimum Gasteiger partial charge on any atom is -0.468 e. The third kappa shape index (κ3) is 4.54. The smallest absolute Gasteiger partial charge is 0.321 e. The maximum absolute atomic E-state index is 11.9. The molecule has 120 valence electrons.